The van der Waals surface area contributed by atoms with Crippen LogP contribution in [0.3, 0.4) is 0 Å². The Bertz CT molecular complexity index is 390. The smallest absolute Gasteiger partial charge is 0.0915 e. The van der Waals surface area contributed by atoms with Crippen LogP contribution in [-0.4, -0.2) is 0 Å². The lowest BCUT2D eigenvalue weighted by atomic mass is 10.1. The maximum Gasteiger partial charge on any atom is 0.0915 e. The molecular formula is C10H7BrClN. The minimum atomic E-state index is 0.651. The zero-order chi connectivity index (χ0) is 9.84. The highest BCUT2D eigenvalue weighted by Crippen LogP contribution is 2.26. The van der Waals surface area contributed by atoms with E-state index in [1.807, 2.05) is 31.2 Å². The van der Waals surface area contributed by atoms with Gasteiger partial charge in [0.15, 0.2) is 0 Å². The molecule has 3 heteroatoms. The number of nitriles is 1. The van der Waals surface area contributed by atoms with E-state index in [4.69, 9.17) is 16.9 Å². The maximum absolute atomic E-state index is 8.46. The largest absolute Gasteiger partial charge is 0.193 e. The molecule has 0 bridgehead atoms. The summed E-state index contributed by atoms with van der Waals surface area (Å²) < 4.78 is 0.936. The molecule has 0 N–H and O–H groups in total. The van der Waals surface area contributed by atoms with Crippen LogP contribution in [-0.2, 0) is 0 Å². The number of hydrogen-bond donors (Lipinski definition) is 0. The first-order valence-corrected chi connectivity index (χ1v) is 4.84. The van der Waals surface area contributed by atoms with Gasteiger partial charge in [0.05, 0.1) is 6.07 Å². The molecule has 0 saturated carbocycles. The quantitative estimate of drug-likeness (QED) is 0.696. The molecule has 1 aromatic carbocycles. The molecule has 0 aliphatic rings. The second-order valence-corrected chi connectivity index (χ2v) is 3.90. The van der Waals surface area contributed by atoms with Gasteiger partial charge in [-0.3, -0.25) is 0 Å². The van der Waals surface area contributed by atoms with E-state index in [9.17, 15) is 0 Å². The lowest BCUT2D eigenvalue weighted by molar-refractivity contribution is 1.51. The number of rotatable bonds is 1. The van der Waals surface area contributed by atoms with Crippen LogP contribution in [0.4, 0.5) is 0 Å². The second kappa shape index (κ2) is 4.45. The highest BCUT2D eigenvalue weighted by molar-refractivity contribution is 9.10. The first kappa shape index (κ1) is 10.3. The van der Waals surface area contributed by atoms with Gasteiger partial charge >= 0.3 is 0 Å². The topological polar surface area (TPSA) is 23.8 Å². The molecule has 0 amide bonds. The summed E-state index contributed by atoms with van der Waals surface area (Å²) in [6, 6.07) is 7.57. The van der Waals surface area contributed by atoms with E-state index in [-0.39, 0.29) is 0 Å². The standard InChI is InChI=1S/C10H7BrClN/c1-7(4-5-13)9-3-2-8(11)6-10(9)12/h2-4,6H,1H3/b7-4-. The minimum Gasteiger partial charge on any atom is -0.193 e. The lowest BCUT2D eigenvalue weighted by Crippen LogP contribution is -1.81. The van der Waals surface area contributed by atoms with Crippen molar-refractivity contribution in [2.45, 2.75) is 6.92 Å². The van der Waals surface area contributed by atoms with Crippen LogP contribution in [0.1, 0.15) is 12.5 Å². The molecule has 0 aliphatic heterocycles. The van der Waals surface area contributed by atoms with Crippen molar-refractivity contribution in [2.24, 2.45) is 0 Å². The first-order chi connectivity index (χ1) is 6.15. The van der Waals surface area contributed by atoms with Crippen molar-refractivity contribution in [3.8, 4) is 6.07 Å². The highest BCUT2D eigenvalue weighted by atomic mass is 79.9. The Labute approximate surface area is 90.8 Å². The Morgan fingerprint density at radius 1 is 1.62 bits per heavy atom. The molecule has 0 saturated heterocycles. The van der Waals surface area contributed by atoms with Gasteiger partial charge in [0.25, 0.3) is 0 Å². The molecular weight excluding hydrogens is 249 g/mol. The average Bonchev–Trinajstić information content (AvgIpc) is 2.04. The zero-order valence-electron chi connectivity index (χ0n) is 7.01. The van der Waals surface area contributed by atoms with Crippen LogP contribution in [0.15, 0.2) is 28.7 Å². The van der Waals surface area contributed by atoms with Gasteiger partial charge < -0.3 is 0 Å². The van der Waals surface area contributed by atoms with E-state index in [1.165, 1.54) is 6.08 Å². The summed E-state index contributed by atoms with van der Waals surface area (Å²) in [6.07, 6.45) is 1.48. The van der Waals surface area contributed by atoms with E-state index >= 15 is 0 Å². The molecule has 66 valence electrons. The summed E-state index contributed by atoms with van der Waals surface area (Å²) >= 11 is 9.30. The van der Waals surface area contributed by atoms with Gasteiger partial charge in [-0.1, -0.05) is 33.6 Å². The van der Waals surface area contributed by atoms with Crippen molar-refractivity contribution < 1.29 is 0 Å². The summed E-state index contributed by atoms with van der Waals surface area (Å²) in [5.74, 6) is 0. The molecule has 0 aliphatic carbocycles. The van der Waals surface area contributed by atoms with Gasteiger partial charge in [-0.25, -0.2) is 0 Å². The third kappa shape index (κ3) is 2.58. The van der Waals surface area contributed by atoms with Crippen LogP contribution in [0.25, 0.3) is 5.57 Å². The number of halogens is 2. The van der Waals surface area contributed by atoms with Crippen LogP contribution >= 0.6 is 27.5 Å². The van der Waals surface area contributed by atoms with Crippen molar-refractivity contribution in [3.63, 3.8) is 0 Å². The number of benzene rings is 1. The predicted octanol–water partition coefficient (Wildman–Crippen LogP) is 4.03. The van der Waals surface area contributed by atoms with Crippen LogP contribution < -0.4 is 0 Å². The number of nitrogens with zero attached hydrogens (tertiary/aromatic N) is 1. The summed E-state index contributed by atoms with van der Waals surface area (Å²) in [6.45, 7) is 1.86. The Kier molecular flexibility index (Phi) is 3.53. The minimum absolute atomic E-state index is 0.651. The summed E-state index contributed by atoms with van der Waals surface area (Å²) in [7, 11) is 0. The van der Waals surface area contributed by atoms with Gasteiger partial charge in [0.2, 0.25) is 0 Å². The van der Waals surface area contributed by atoms with Crippen molar-refractivity contribution in [3.05, 3.63) is 39.3 Å². The first-order valence-electron chi connectivity index (χ1n) is 3.67. The molecule has 13 heavy (non-hydrogen) atoms. The van der Waals surface area contributed by atoms with Crippen LogP contribution in [0.2, 0.25) is 5.02 Å². The predicted molar refractivity (Wildman–Crippen MR) is 58.4 cm³/mol. The molecule has 1 nitrogen and oxygen atoms in total. The van der Waals surface area contributed by atoms with E-state index in [0.29, 0.717) is 5.02 Å². The molecule has 0 fully saturated rings. The van der Waals surface area contributed by atoms with Crippen LogP contribution in [0, 0.1) is 11.3 Å². The SMILES string of the molecule is C/C(=C/C#N)c1ccc(Br)cc1Cl. The molecule has 1 aromatic rings. The summed E-state index contributed by atoms with van der Waals surface area (Å²) in [5, 5.41) is 9.12. The summed E-state index contributed by atoms with van der Waals surface area (Å²) in [5.41, 5.74) is 1.77. The molecule has 0 atom stereocenters. The van der Waals surface area contributed by atoms with E-state index in [2.05, 4.69) is 15.9 Å². The molecule has 0 aromatic heterocycles. The van der Waals surface area contributed by atoms with Crippen molar-refractivity contribution in [1.29, 1.82) is 5.26 Å². The third-order valence-corrected chi connectivity index (χ3v) is 2.44. The Morgan fingerprint density at radius 3 is 2.85 bits per heavy atom. The maximum atomic E-state index is 8.46. The lowest BCUT2D eigenvalue weighted by Gasteiger charge is -2.03. The van der Waals surface area contributed by atoms with Crippen molar-refractivity contribution >= 4 is 33.1 Å². The van der Waals surface area contributed by atoms with E-state index < -0.39 is 0 Å². The fourth-order valence-electron chi connectivity index (χ4n) is 0.984. The van der Waals surface area contributed by atoms with Gasteiger partial charge in [-0.05, 0) is 30.2 Å². The Morgan fingerprint density at radius 2 is 2.31 bits per heavy atom. The summed E-state index contributed by atoms with van der Waals surface area (Å²) in [4.78, 5) is 0. The van der Waals surface area contributed by atoms with E-state index in [0.717, 1.165) is 15.6 Å². The Hall–Kier alpha value is -0.780. The highest BCUT2D eigenvalue weighted by Gasteiger charge is 2.01. The fraction of sp³-hybridized carbons (Fsp3) is 0.100. The van der Waals surface area contributed by atoms with Crippen LogP contribution in [0.5, 0.6) is 0 Å². The average molecular weight is 257 g/mol. The van der Waals surface area contributed by atoms with Gasteiger partial charge in [0, 0.05) is 15.6 Å². The van der Waals surface area contributed by atoms with Crippen molar-refractivity contribution in [2.75, 3.05) is 0 Å². The normalized spacial score (nSPS) is 11.1. The molecule has 0 spiro atoms. The van der Waals surface area contributed by atoms with Gasteiger partial charge in [-0.15, -0.1) is 0 Å². The molecule has 1 rings (SSSR count). The number of hydrogen-bond acceptors (Lipinski definition) is 1. The monoisotopic (exact) mass is 255 g/mol. The fourth-order valence-corrected chi connectivity index (χ4v) is 1.81. The molecule has 0 heterocycles. The molecule has 0 radical (unpaired) electrons. The van der Waals surface area contributed by atoms with E-state index in [1.54, 1.807) is 0 Å². The third-order valence-electron chi connectivity index (χ3n) is 1.64. The zero-order valence-corrected chi connectivity index (χ0v) is 9.35. The van der Waals surface area contributed by atoms with Gasteiger partial charge in [0.1, 0.15) is 0 Å². The van der Waals surface area contributed by atoms with Crippen molar-refractivity contribution in [1.82, 2.24) is 0 Å². The number of allylic oxidation sites excluding steroid dienone is 2. The molecule has 0 unspecified atom stereocenters. The second-order valence-electron chi connectivity index (χ2n) is 2.58. The Balaban J connectivity index is 3.18. The van der Waals surface area contributed by atoms with Gasteiger partial charge in [-0.2, -0.15) is 5.26 Å².